The number of aromatic nitrogens is 2. The van der Waals surface area contributed by atoms with E-state index in [2.05, 4.69) is 4.98 Å². The van der Waals surface area contributed by atoms with Crippen LogP contribution in [-0.4, -0.2) is 52.9 Å². The van der Waals surface area contributed by atoms with Gasteiger partial charge in [0, 0.05) is 42.1 Å². The highest BCUT2D eigenvalue weighted by Crippen LogP contribution is 2.21. The van der Waals surface area contributed by atoms with Crippen molar-refractivity contribution in [2.45, 2.75) is 25.4 Å². The van der Waals surface area contributed by atoms with Gasteiger partial charge < -0.3 is 9.47 Å². The summed E-state index contributed by atoms with van der Waals surface area (Å²) in [7, 11) is -3.06. The van der Waals surface area contributed by atoms with Crippen LogP contribution >= 0.6 is 11.6 Å². The average molecular weight is 382 g/mol. The van der Waals surface area contributed by atoms with Crippen molar-refractivity contribution in [1.29, 1.82) is 0 Å². The van der Waals surface area contributed by atoms with E-state index in [1.807, 2.05) is 10.8 Å². The zero-order valence-corrected chi connectivity index (χ0v) is 15.3. The van der Waals surface area contributed by atoms with Gasteiger partial charge in [0.25, 0.3) is 5.91 Å². The van der Waals surface area contributed by atoms with E-state index >= 15 is 0 Å². The Bertz CT molecular complexity index is 819. The lowest BCUT2D eigenvalue weighted by atomic mass is 10.1. The number of aryl methyl sites for hydroxylation is 1. The molecule has 1 atom stereocenters. The van der Waals surface area contributed by atoms with E-state index in [0.29, 0.717) is 23.6 Å². The first-order valence-corrected chi connectivity index (χ1v) is 10.4. The van der Waals surface area contributed by atoms with Crippen LogP contribution in [0.1, 0.15) is 23.2 Å². The molecular weight excluding hydrogens is 362 g/mol. The topological polar surface area (TPSA) is 72.3 Å². The van der Waals surface area contributed by atoms with Crippen LogP contribution < -0.4 is 0 Å². The number of imidazole rings is 1. The van der Waals surface area contributed by atoms with Gasteiger partial charge in [0.2, 0.25) is 0 Å². The highest BCUT2D eigenvalue weighted by molar-refractivity contribution is 7.91. The third-order valence-electron chi connectivity index (χ3n) is 4.38. The minimum Gasteiger partial charge on any atom is -0.337 e. The second-order valence-electron chi connectivity index (χ2n) is 6.22. The molecule has 1 aliphatic heterocycles. The average Bonchev–Trinajstić information content (AvgIpc) is 3.21. The Labute approximate surface area is 152 Å². The molecule has 0 radical (unpaired) electrons. The molecule has 2 aromatic rings. The van der Waals surface area contributed by atoms with Crippen molar-refractivity contribution in [3.63, 3.8) is 0 Å². The lowest BCUT2D eigenvalue weighted by Crippen LogP contribution is -2.42. The molecule has 0 N–H and O–H groups in total. The zero-order chi connectivity index (χ0) is 17.9. The van der Waals surface area contributed by atoms with Crippen LogP contribution in [0.2, 0.25) is 5.02 Å². The van der Waals surface area contributed by atoms with E-state index in [1.165, 1.54) is 0 Å². The van der Waals surface area contributed by atoms with Crippen LogP contribution in [0.5, 0.6) is 0 Å². The van der Waals surface area contributed by atoms with Crippen molar-refractivity contribution >= 4 is 27.3 Å². The molecule has 8 heteroatoms. The van der Waals surface area contributed by atoms with E-state index in [9.17, 15) is 13.2 Å². The van der Waals surface area contributed by atoms with E-state index in [1.54, 1.807) is 41.7 Å². The van der Waals surface area contributed by atoms with Gasteiger partial charge in [-0.25, -0.2) is 13.4 Å². The largest absolute Gasteiger partial charge is 0.337 e. The Kier molecular flexibility index (Phi) is 5.44. The molecule has 3 rings (SSSR count). The summed E-state index contributed by atoms with van der Waals surface area (Å²) < 4.78 is 25.6. The fourth-order valence-corrected chi connectivity index (χ4v) is 4.93. The first-order valence-electron chi connectivity index (χ1n) is 8.17. The normalized spacial score (nSPS) is 19.0. The number of hydrogen-bond acceptors (Lipinski definition) is 4. The quantitative estimate of drug-likeness (QED) is 0.769. The van der Waals surface area contributed by atoms with Crippen LogP contribution in [-0.2, 0) is 16.4 Å². The van der Waals surface area contributed by atoms with Crippen LogP contribution in [0.4, 0.5) is 0 Å². The second kappa shape index (κ2) is 7.58. The summed E-state index contributed by atoms with van der Waals surface area (Å²) in [6, 6.07) is 6.43. The molecule has 1 saturated heterocycles. The Balaban J connectivity index is 1.73. The number of amides is 1. The van der Waals surface area contributed by atoms with Crippen LogP contribution in [0.25, 0.3) is 0 Å². The van der Waals surface area contributed by atoms with Gasteiger partial charge in [-0.1, -0.05) is 11.6 Å². The number of carbonyl (C=O) groups is 1. The highest BCUT2D eigenvalue weighted by atomic mass is 35.5. The number of halogens is 1. The minimum atomic E-state index is -3.06. The molecular formula is C17H20ClN3O3S. The third-order valence-corrected chi connectivity index (χ3v) is 6.38. The molecule has 1 fully saturated rings. The van der Waals surface area contributed by atoms with Gasteiger partial charge in [-0.3, -0.25) is 4.79 Å². The van der Waals surface area contributed by atoms with E-state index in [0.717, 1.165) is 13.0 Å². The Morgan fingerprint density at radius 3 is 2.68 bits per heavy atom. The van der Waals surface area contributed by atoms with E-state index < -0.39 is 9.84 Å². The molecule has 6 nitrogen and oxygen atoms in total. The Morgan fingerprint density at radius 2 is 2.08 bits per heavy atom. The molecule has 0 saturated carbocycles. The maximum atomic E-state index is 12.9. The number of benzene rings is 1. The second-order valence-corrected chi connectivity index (χ2v) is 8.88. The molecule has 25 heavy (non-hydrogen) atoms. The molecule has 2 heterocycles. The van der Waals surface area contributed by atoms with Crippen molar-refractivity contribution in [2.75, 3.05) is 18.1 Å². The predicted molar refractivity (Wildman–Crippen MR) is 96.4 cm³/mol. The summed E-state index contributed by atoms with van der Waals surface area (Å²) in [6.45, 7) is 1.23. The van der Waals surface area contributed by atoms with Crippen LogP contribution in [0.15, 0.2) is 43.0 Å². The van der Waals surface area contributed by atoms with Crippen molar-refractivity contribution in [3.8, 4) is 0 Å². The summed E-state index contributed by atoms with van der Waals surface area (Å²) in [5.74, 6) is 0.0328. The summed E-state index contributed by atoms with van der Waals surface area (Å²) in [5.41, 5.74) is 0.524. The summed E-state index contributed by atoms with van der Waals surface area (Å²) in [5, 5.41) is 0.562. The van der Waals surface area contributed by atoms with E-state index in [-0.39, 0.29) is 23.5 Å². The molecule has 1 amide bonds. The minimum absolute atomic E-state index is 0.0391. The standard InChI is InChI=1S/C17H20ClN3O3S/c18-15-4-2-14(3-5-15)17(22)21(16-6-11-25(23,24)12-16)9-1-8-20-10-7-19-13-20/h2-5,7,10,13,16H,1,6,8-9,11-12H2. The number of nitrogens with zero attached hydrogens (tertiary/aromatic N) is 3. The van der Waals surface area contributed by atoms with Gasteiger partial charge >= 0.3 is 0 Å². The number of rotatable bonds is 6. The maximum absolute atomic E-state index is 12.9. The van der Waals surface area contributed by atoms with Crippen molar-refractivity contribution < 1.29 is 13.2 Å². The summed E-state index contributed by atoms with van der Waals surface area (Å²) in [6.07, 6.45) is 6.52. The van der Waals surface area contributed by atoms with Crippen molar-refractivity contribution in [2.24, 2.45) is 0 Å². The van der Waals surface area contributed by atoms with E-state index in [4.69, 9.17) is 11.6 Å². The highest BCUT2D eigenvalue weighted by Gasteiger charge is 2.34. The lowest BCUT2D eigenvalue weighted by molar-refractivity contribution is 0.0692. The number of sulfone groups is 1. The smallest absolute Gasteiger partial charge is 0.254 e. The van der Waals surface area contributed by atoms with Crippen molar-refractivity contribution in [1.82, 2.24) is 14.5 Å². The van der Waals surface area contributed by atoms with Crippen LogP contribution in [0.3, 0.4) is 0 Å². The third kappa shape index (κ3) is 4.61. The molecule has 1 unspecified atom stereocenters. The molecule has 1 aromatic heterocycles. The molecule has 134 valence electrons. The Morgan fingerprint density at radius 1 is 1.32 bits per heavy atom. The van der Waals surface area contributed by atoms with Gasteiger partial charge in [0.05, 0.1) is 17.8 Å². The number of carbonyl (C=O) groups excluding carboxylic acids is 1. The summed E-state index contributed by atoms with van der Waals surface area (Å²) in [4.78, 5) is 18.6. The molecule has 1 aliphatic rings. The zero-order valence-electron chi connectivity index (χ0n) is 13.7. The maximum Gasteiger partial charge on any atom is 0.254 e. The number of hydrogen-bond donors (Lipinski definition) is 0. The first kappa shape index (κ1) is 17.9. The lowest BCUT2D eigenvalue weighted by Gasteiger charge is -2.28. The van der Waals surface area contributed by atoms with Gasteiger partial charge in [-0.15, -0.1) is 0 Å². The van der Waals surface area contributed by atoms with Gasteiger partial charge in [-0.05, 0) is 37.1 Å². The van der Waals surface area contributed by atoms with Crippen molar-refractivity contribution in [3.05, 3.63) is 53.6 Å². The Hall–Kier alpha value is -1.86. The predicted octanol–water partition coefficient (Wildman–Crippen LogP) is 2.26. The SMILES string of the molecule is O=C(c1ccc(Cl)cc1)N(CCCn1ccnc1)C1CCS(=O)(=O)C1. The molecule has 1 aromatic carbocycles. The van der Waals surface area contributed by atoms with Gasteiger partial charge in [-0.2, -0.15) is 0 Å². The van der Waals surface area contributed by atoms with Crippen LogP contribution in [0, 0.1) is 0 Å². The fourth-order valence-electron chi connectivity index (χ4n) is 3.07. The molecule has 0 bridgehead atoms. The monoisotopic (exact) mass is 381 g/mol. The molecule has 0 aliphatic carbocycles. The summed E-state index contributed by atoms with van der Waals surface area (Å²) >= 11 is 5.89. The van der Waals surface area contributed by atoms with Gasteiger partial charge in [0.15, 0.2) is 9.84 Å². The first-order chi connectivity index (χ1) is 11.9. The molecule has 0 spiro atoms. The fraction of sp³-hybridized carbons (Fsp3) is 0.412. The van der Waals surface area contributed by atoms with Gasteiger partial charge in [0.1, 0.15) is 0 Å².